The Hall–Kier alpha value is -1.75. The maximum absolute atomic E-state index is 12.5. The molecule has 3 rings (SSSR count). The highest BCUT2D eigenvalue weighted by atomic mass is 35.5. The lowest BCUT2D eigenvalue weighted by molar-refractivity contribution is 0.119. The minimum absolute atomic E-state index is 0.165. The van der Waals surface area contributed by atoms with E-state index in [0.29, 0.717) is 34.9 Å². The van der Waals surface area contributed by atoms with E-state index in [1.807, 2.05) is 6.07 Å². The largest absolute Gasteiger partial charge is 0.322 e. The fourth-order valence-corrected chi connectivity index (χ4v) is 3.55. The van der Waals surface area contributed by atoms with Gasteiger partial charge in [0.2, 0.25) is 0 Å². The molecule has 1 unspecified atom stereocenters. The van der Waals surface area contributed by atoms with Crippen molar-refractivity contribution in [2.75, 3.05) is 31.5 Å². The average molecular weight is 378 g/mol. The van der Waals surface area contributed by atoms with Crippen LogP contribution in [0.3, 0.4) is 0 Å². The molecule has 2 amide bonds. The van der Waals surface area contributed by atoms with Crippen LogP contribution in [0, 0.1) is 0 Å². The smallest absolute Gasteiger partial charge is 0.322 e. The number of carbonyl (C=O) groups excluding carboxylic acids is 1. The van der Waals surface area contributed by atoms with Crippen LogP contribution in [0.25, 0.3) is 0 Å². The third kappa shape index (κ3) is 4.27. The summed E-state index contributed by atoms with van der Waals surface area (Å²) < 4.78 is 0. The van der Waals surface area contributed by atoms with E-state index in [0.717, 1.165) is 13.1 Å². The average Bonchev–Trinajstić information content (AvgIpc) is 2.65. The molecule has 2 aromatic carbocycles. The Kier molecular flexibility index (Phi) is 5.84. The monoisotopic (exact) mass is 377 g/mol. The maximum Gasteiger partial charge on any atom is 0.322 e. The van der Waals surface area contributed by atoms with E-state index in [1.165, 1.54) is 5.56 Å². The number of rotatable bonds is 3. The third-order valence-corrected chi connectivity index (χ3v) is 5.26. The lowest BCUT2D eigenvalue weighted by Crippen LogP contribution is -2.50. The summed E-state index contributed by atoms with van der Waals surface area (Å²) in [4.78, 5) is 16.7. The molecule has 0 bridgehead atoms. The van der Waals surface area contributed by atoms with Crippen molar-refractivity contribution in [3.8, 4) is 0 Å². The lowest BCUT2D eigenvalue weighted by Gasteiger charge is -2.38. The highest BCUT2D eigenvalue weighted by Gasteiger charge is 2.25. The van der Waals surface area contributed by atoms with Gasteiger partial charge in [-0.3, -0.25) is 4.90 Å². The molecule has 0 spiro atoms. The van der Waals surface area contributed by atoms with Crippen molar-refractivity contribution < 1.29 is 4.79 Å². The van der Waals surface area contributed by atoms with Gasteiger partial charge in [-0.05, 0) is 24.6 Å². The molecule has 2 aromatic rings. The fourth-order valence-electron chi connectivity index (χ4n) is 3.06. The second-order valence-corrected chi connectivity index (χ2v) is 6.95. The van der Waals surface area contributed by atoms with Crippen molar-refractivity contribution in [3.05, 3.63) is 64.1 Å². The summed E-state index contributed by atoms with van der Waals surface area (Å²) in [6.07, 6.45) is 0. The number of halogens is 2. The van der Waals surface area contributed by atoms with Crippen LogP contribution in [0.5, 0.6) is 0 Å². The van der Waals surface area contributed by atoms with Crippen molar-refractivity contribution in [1.82, 2.24) is 9.80 Å². The van der Waals surface area contributed by atoms with Crippen LogP contribution >= 0.6 is 23.2 Å². The van der Waals surface area contributed by atoms with Gasteiger partial charge in [0.25, 0.3) is 0 Å². The van der Waals surface area contributed by atoms with Crippen LogP contribution in [-0.4, -0.2) is 42.0 Å². The van der Waals surface area contributed by atoms with E-state index in [2.05, 4.69) is 41.4 Å². The van der Waals surface area contributed by atoms with Crippen molar-refractivity contribution in [3.63, 3.8) is 0 Å². The summed E-state index contributed by atoms with van der Waals surface area (Å²) in [5.41, 5.74) is 1.76. The van der Waals surface area contributed by atoms with Crippen LogP contribution in [0.4, 0.5) is 10.5 Å². The van der Waals surface area contributed by atoms with Gasteiger partial charge in [0.15, 0.2) is 0 Å². The van der Waals surface area contributed by atoms with Crippen LogP contribution < -0.4 is 5.32 Å². The van der Waals surface area contributed by atoms with Crippen molar-refractivity contribution in [2.24, 2.45) is 0 Å². The molecule has 1 saturated heterocycles. The summed E-state index contributed by atoms with van der Waals surface area (Å²) in [6.45, 7) is 5.21. The molecular weight excluding hydrogens is 357 g/mol. The normalized spacial score (nSPS) is 16.5. The molecule has 0 saturated carbocycles. The van der Waals surface area contributed by atoms with Crippen LogP contribution in [0.15, 0.2) is 48.5 Å². The summed E-state index contributed by atoms with van der Waals surface area (Å²) in [5.74, 6) is 0. The highest BCUT2D eigenvalue weighted by Crippen LogP contribution is 2.30. The van der Waals surface area contributed by atoms with Gasteiger partial charge in [0, 0.05) is 32.2 Å². The Morgan fingerprint density at radius 2 is 1.56 bits per heavy atom. The zero-order valence-electron chi connectivity index (χ0n) is 14.1. The maximum atomic E-state index is 12.5. The van der Waals surface area contributed by atoms with Gasteiger partial charge in [-0.1, -0.05) is 59.6 Å². The molecular formula is C19H21Cl2N3O. The molecule has 1 heterocycles. The van der Waals surface area contributed by atoms with E-state index < -0.39 is 0 Å². The van der Waals surface area contributed by atoms with Crippen LogP contribution in [0.2, 0.25) is 10.0 Å². The molecule has 25 heavy (non-hydrogen) atoms. The zero-order valence-corrected chi connectivity index (χ0v) is 15.6. The van der Waals surface area contributed by atoms with Gasteiger partial charge in [-0.15, -0.1) is 0 Å². The molecule has 0 aromatic heterocycles. The van der Waals surface area contributed by atoms with E-state index >= 15 is 0 Å². The lowest BCUT2D eigenvalue weighted by atomic mass is 10.1. The predicted octanol–water partition coefficient (Wildman–Crippen LogP) is 4.90. The quantitative estimate of drug-likeness (QED) is 0.824. The van der Waals surface area contributed by atoms with Crippen LogP contribution in [0.1, 0.15) is 18.5 Å². The molecule has 0 radical (unpaired) electrons. The molecule has 6 heteroatoms. The van der Waals surface area contributed by atoms with Crippen molar-refractivity contribution in [1.29, 1.82) is 0 Å². The number of nitrogens with one attached hydrogen (secondary N) is 1. The van der Waals surface area contributed by atoms with E-state index in [-0.39, 0.29) is 6.03 Å². The van der Waals surface area contributed by atoms with Crippen LogP contribution in [-0.2, 0) is 0 Å². The summed E-state index contributed by atoms with van der Waals surface area (Å²) >= 11 is 12.2. The molecule has 1 atom stereocenters. The van der Waals surface area contributed by atoms with Crippen molar-refractivity contribution >= 4 is 34.9 Å². The number of benzene rings is 2. The van der Waals surface area contributed by atoms with Gasteiger partial charge in [0.05, 0.1) is 15.7 Å². The predicted molar refractivity (Wildman–Crippen MR) is 103 cm³/mol. The second-order valence-electron chi connectivity index (χ2n) is 6.14. The van der Waals surface area contributed by atoms with Gasteiger partial charge in [-0.2, -0.15) is 0 Å². The standard InChI is InChI=1S/C19H21Cl2N3O/c1-14(15-6-3-2-4-7-15)23-10-12-24(13-11-23)19(25)22-18-16(20)8-5-9-17(18)21/h2-9,14H,10-13H2,1H3,(H,22,25). The van der Waals surface area contributed by atoms with E-state index in [1.54, 1.807) is 23.1 Å². The Morgan fingerprint density at radius 3 is 2.16 bits per heavy atom. The number of nitrogens with zero attached hydrogens (tertiary/aromatic N) is 2. The van der Waals surface area contributed by atoms with E-state index in [9.17, 15) is 4.79 Å². The number of hydrogen-bond acceptors (Lipinski definition) is 2. The first kappa shape index (κ1) is 18.1. The number of carbonyl (C=O) groups is 1. The van der Waals surface area contributed by atoms with Gasteiger partial charge >= 0.3 is 6.03 Å². The Bertz CT molecular complexity index is 710. The summed E-state index contributed by atoms with van der Waals surface area (Å²) in [7, 11) is 0. The summed E-state index contributed by atoms with van der Waals surface area (Å²) in [5, 5.41) is 3.71. The third-order valence-electron chi connectivity index (χ3n) is 4.63. The first-order valence-electron chi connectivity index (χ1n) is 8.35. The Labute approximate surface area is 158 Å². The van der Waals surface area contributed by atoms with Crippen molar-refractivity contribution in [2.45, 2.75) is 13.0 Å². The molecule has 1 aliphatic heterocycles. The van der Waals surface area contributed by atoms with E-state index in [4.69, 9.17) is 23.2 Å². The summed E-state index contributed by atoms with van der Waals surface area (Å²) in [6, 6.07) is 15.8. The molecule has 1 aliphatic rings. The van der Waals surface area contributed by atoms with Gasteiger partial charge in [0.1, 0.15) is 0 Å². The van der Waals surface area contributed by atoms with Gasteiger partial charge < -0.3 is 10.2 Å². The number of anilines is 1. The zero-order chi connectivity index (χ0) is 17.8. The molecule has 132 valence electrons. The Balaban J connectivity index is 1.58. The highest BCUT2D eigenvalue weighted by molar-refractivity contribution is 6.39. The first-order chi connectivity index (χ1) is 12.1. The number of para-hydroxylation sites is 1. The minimum Gasteiger partial charge on any atom is -0.322 e. The Morgan fingerprint density at radius 1 is 0.960 bits per heavy atom. The number of piperazine rings is 1. The molecule has 4 nitrogen and oxygen atoms in total. The minimum atomic E-state index is -0.165. The first-order valence-corrected chi connectivity index (χ1v) is 9.11. The molecule has 1 N–H and O–H groups in total. The molecule has 1 fully saturated rings. The number of hydrogen-bond donors (Lipinski definition) is 1. The SMILES string of the molecule is CC(c1ccccc1)N1CCN(C(=O)Nc2c(Cl)cccc2Cl)CC1. The number of urea groups is 1. The topological polar surface area (TPSA) is 35.6 Å². The fraction of sp³-hybridized carbons (Fsp3) is 0.316. The second kappa shape index (κ2) is 8.09. The number of amides is 2. The molecule has 0 aliphatic carbocycles. The van der Waals surface area contributed by atoms with Gasteiger partial charge in [-0.25, -0.2) is 4.79 Å².